The Bertz CT molecular complexity index is 1400. The van der Waals surface area contributed by atoms with Crippen LogP contribution in [0.5, 0.6) is 0 Å². The fraction of sp³-hybridized carbons (Fsp3) is 0.182. The molecule has 2 aromatic heterocycles. The van der Waals surface area contributed by atoms with Crippen LogP contribution in [0, 0.1) is 6.92 Å². The van der Waals surface area contributed by atoms with Gasteiger partial charge in [0.15, 0.2) is 0 Å². The molecule has 4 rings (SSSR count). The second-order valence-electron chi connectivity index (χ2n) is 7.14. The summed E-state index contributed by atoms with van der Waals surface area (Å²) in [7, 11) is 1.75. The molecule has 0 saturated heterocycles. The maximum atomic E-state index is 12.9. The van der Waals surface area contributed by atoms with Gasteiger partial charge in [0.1, 0.15) is 5.69 Å². The maximum absolute atomic E-state index is 12.9. The van der Waals surface area contributed by atoms with E-state index in [2.05, 4.69) is 10.3 Å². The molecule has 0 aliphatic rings. The molecule has 0 spiro atoms. The molecule has 0 aliphatic heterocycles. The summed E-state index contributed by atoms with van der Waals surface area (Å²) in [5.41, 5.74) is 1.48. The normalized spacial score (nSPS) is 11.1. The van der Waals surface area contributed by atoms with Gasteiger partial charge in [0.25, 0.3) is 11.1 Å². The number of fused-ring (bicyclic) bond motifs is 1. The number of nitrogens with one attached hydrogen (secondary N) is 1. The average molecular weight is 438 g/mol. The first-order valence-corrected chi connectivity index (χ1v) is 10.0. The van der Waals surface area contributed by atoms with Gasteiger partial charge in [-0.15, -0.1) is 0 Å². The first kappa shape index (κ1) is 20.6. The predicted octanol–water partition coefficient (Wildman–Crippen LogP) is 2.88. The summed E-state index contributed by atoms with van der Waals surface area (Å²) in [6, 6.07) is 14.1. The summed E-state index contributed by atoms with van der Waals surface area (Å²) in [6.45, 7) is 1.89. The van der Waals surface area contributed by atoms with Crippen molar-refractivity contribution in [2.24, 2.45) is 7.05 Å². The van der Waals surface area contributed by atoms with Gasteiger partial charge in [-0.05, 0) is 37.3 Å². The van der Waals surface area contributed by atoms with E-state index in [1.165, 1.54) is 15.6 Å². The van der Waals surface area contributed by atoms with Crippen molar-refractivity contribution >= 4 is 34.1 Å². The third-order valence-corrected chi connectivity index (χ3v) is 5.42. The van der Waals surface area contributed by atoms with Crippen LogP contribution in [0.3, 0.4) is 0 Å². The minimum absolute atomic E-state index is 0.00672. The quantitative estimate of drug-likeness (QED) is 0.519. The average Bonchev–Trinajstić information content (AvgIpc) is 2.97. The minimum atomic E-state index is -0.371. The molecule has 0 unspecified atom stereocenters. The van der Waals surface area contributed by atoms with Crippen molar-refractivity contribution in [3.05, 3.63) is 86.3 Å². The molecule has 1 N–H and O–H groups in total. The molecule has 2 heterocycles. The van der Waals surface area contributed by atoms with Gasteiger partial charge < -0.3 is 5.32 Å². The molecule has 31 heavy (non-hydrogen) atoms. The predicted molar refractivity (Wildman–Crippen MR) is 120 cm³/mol. The summed E-state index contributed by atoms with van der Waals surface area (Å²) < 4.78 is 4.54. The largest absolute Gasteiger partial charge is 0.320 e. The zero-order valence-electron chi connectivity index (χ0n) is 17.0. The maximum Gasteiger partial charge on any atom is 0.295 e. The molecule has 0 saturated carbocycles. The standard InChI is InChI=1S/C22H20ClN5O3/c1-14-20(22(31)28(26(14)2)16-6-4-3-5-7-16)25-19(29)10-11-27-13-24-18-9-8-15(23)12-17(18)21(27)30/h3-9,12-13H,10-11H2,1-2H3,(H,25,29). The summed E-state index contributed by atoms with van der Waals surface area (Å²) in [5, 5.41) is 3.53. The van der Waals surface area contributed by atoms with Gasteiger partial charge in [-0.25, -0.2) is 9.67 Å². The van der Waals surface area contributed by atoms with Crippen LogP contribution < -0.4 is 16.4 Å². The van der Waals surface area contributed by atoms with E-state index >= 15 is 0 Å². The highest BCUT2D eigenvalue weighted by Crippen LogP contribution is 2.15. The van der Waals surface area contributed by atoms with Gasteiger partial charge in [0.2, 0.25) is 5.91 Å². The lowest BCUT2D eigenvalue weighted by atomic mass is 10.2. The third kappa shape index (κ3) is 3.89. The van der Waals surface area contributed by atoms with Crippen molar-refractivity contribution in [2.45, 2.75) is 19.9 Å². The Morgan fingerprint density at radius 3 is 2.58 bits per heavy atom. The SMILES string of the molecule is Cc1c(NC(=O)CCn2cnc3ccc(Cl)cc3c2=O)c(=O)n(-c2ccccc2)n1C. The summed E-state index contributed by atoms with van der Waals surface area (Å²) >= 11 is 5.98. The zero-order chi connectivity index (χ0) is 22.1. The molecule has 1 amide bonds. The Hall–Kier alpha value is -3.65. The molecule has 158 valence electrons. The van der Waals surface area contributed by atoms with E-state index in [1.807, 2.05) is 30.3 Å². The van der Waals surface area contributed by atoms with E-state index in [0.717, 1.165) is 0 Å². The summed E-state index contributed by atoms with van der Waals surface area (Å²) in [5.74, 6) is -0.371. The molecule has 0 aliphatic carbocycles. The highest BCUT2D eigenvalue weighted by atomic mass is 35.5. The van der Waals surface area contributed by atoms with Crippen LogP contribution in [0.25, 0.3) is 16.6 Å². The molecular formula is C22H20ClN5O3. The second-order valence-corrected chi connectivity index (χ2v) is 7.58. The first-order valence-electron chi connectivity index (χ1n) is 9.65. The van der Waals surface area contributed by atoms with Crippen LogP contribution in [0.4, 0.5) is 5.69 Å². The lowest BCUT2D eigenvalue weighted by molar-refractivity contribution is -0.116. The molecule has 4 aromatic rings. The van der Waals surface area contributed by atoms with Crippen molar-refractivity contribution in [3.63, 3.8) is 0 Å². The van der Waals surface area contributed by atoms with Crippen LogP contribution >= 0.6 is 11.6 Å². The topological polar surface area (TPSA) is 90.9 Å². The first-order chi connectivity index (χ1) is 14.9. The summed E-state index contributed by atoms with van der Waals surface area (Å²) in [6.07, 6.45) is 1.41. The van der Waals surface area contributed by atoms with Crippen molar-refractivity contribution in [1.29, 1.82) is 0 Å². The molecular weight excluding hydrogens is 418 g/mol. The molecule has 8 nitrogen and oxygen atoms in total. The van der Waals surface area contributed by atoms with Gasteiger partial charge in [-0.1, -0.05) is 29.8 Å². The Kier molecular flexibility index (Phi) is 5.48. The molecule has 0 radical (unpaired) electrons. The number of halogens is 1. The number of nitrogens with zero attached hydrogens (tertiary/aromatic N) is 4. The van der Waals surface area contributed by atoms with Crippen LogP contribution in [0.1, 0.15) is 12.1 Å². The van der Waals surface area contributed by atoms with Crippen molar-refractivity contribution in [3.8, 4) is 5.69 Å². The number of carbonyl (C=O) groups is 1. The number of amides is 1. The number of para-hydroxylation sites is 1. The lowest BCUT2D eigenvalue weighted by Gasteiger charge is -2.08. The smallest absolute Gasteiger partial charge is 0.295 e. The lowest BCUT2D eigenvalue weighted by Crippen LogP contribution is -2.25. The second kappa shape index (κ2) is 8.23. The highest BCUT2D eigenvalue weighted by molar-refractivity contribution is 6.31. The van der Waals surface area contributed by atoms with E-state index < -0.39 is 0 Å². The number of rotatable bonds is 5. The minimum Gasteiger partial charge on any atom is -0.320 e. The van der Waals surface area contributed by atoms with E-state index in [1.54, 1.807) is 36.9 Å². The monoisotopic (exact) mass is 437 g/mol. The number of aromatic nitrogens is 4. The van der Waals surface area contributed by atoms with Crippen LogP contribution in [-0.4, -0.2) is 24.8 Å². The van der Waals surface area contributed by atoms with E-state index in [4.69, 9.17) is 11.6 Å². The number of carbonyl (C=O) groups excluding carboxylic acids is 1. The number of aryl methyl sites for hydroxylation is 1. The van der Waals surface area contributed by atoms with E-state index in [9.17, 15) is 14.4 Å². The van der Waals surface area contributed by atoms with E-state index in [0.29, 0.717) is 27.3 Å². The van der Waals surface area contributed by atoms with Gasteiger partial charge >= 0.3 is 0 Å². The molecule has 9 heteroatoms. The van der Waals surface area contributed by atoms with Crippen LogP contribution in [-0.2, 0) is 18.4 Å². The Labute approximate surface area is 182 Å². The zero-order valence-corrected chi connectivity index (χ0v) is 17.8. The van der Waals surface area contributed by atoms with Gasteiger partial charge in [-0.2, -0.15) is 0 Å². The van der Waals surface area contributed by atoms with Crippen molar-refractivity contribution in [1.82, 2.24) is 18.9 Å². The fourth-order valence-electron chi connectivity index (χ4n) is 3.43. The number of hydrogen-bond donors (Lipinski definition) is 1. The van der Waals surface area contributed by atoms with Crippen LogP contribution in [0.15, 0.2) is 64.4 Å². The fourth-order valence-corrected chi connectivity index (χ4v) is 3.60. The van der Waals surface area contributed by atoms with Crippen LogP contribution in [0.2, 0.25) is 5.02 Å². The molecule has 0 fully saturated rings. The number of benzene rings is 2. The Morgan fingerprint density at radius 2 is 1.84 bits per heavy atom. The number of hydrogen-bond acceptors (Lipinski definition) is 4. The number of anilines is 1. The van der Waals surface area contributed by atoms with Gasteiger partial charge in [0.05, 0.1) is 28.6 Å². The molecule has 0 atom stereocenters. The molecule has 2 aromatic carbocycles. The van der Waals surface area contributed by atoms with Crippen molar-refractivity contribution < 1.29 is 4.79 Å². The Morgan fingerprint density at radius 1 is 1.10 bits per heavy atom. The Balaban J connectivity index is 1.54. The summed E-state index contributed by atoms with van der Waals surface area (Å²) in [4.78, 5) is 42.3. The van der Waals surface area contributed by atoms with Crippen molar-refractivity contribution in [2.75, 3.05) is 5.32 Å². The van der Waals surface area contributed by atoms with Gasteiger partial charge in [-0.3, -0.25) is 23.6 Å². The third-order valence-electron chi connectivity index (χ3n) is 5.18. The van der Waals surface area contributed by atoms with E-state index in [-0.39, 0.29) is 35.7 Å². The highest BCUT2D eigenvalue weighted by Gasteiger charge is 2.18. The molecule has 0 bridgehead atoms. The van der Waals surface area contributed by atoms with Gasteiger partial charge in [0, 0.05) is 25.0 Å².